The quantitative estimate of drug-likeness (QED) is 0.528. The molecule has 2 aromatic carbocycles. The number of para-hydroxylation sites is 1. The lowest BCUT2D eigenvalue weighted by Crippen LogP contribution is -2.15. The smallest absolute Gasteiger partial charge is 0.344 e. The number of aromatic nitrogens is 2. The first-order valence-electron chi connectivity index (χ1n) is 9.39. The molecule has 152 valence electrons. The minimum Gasteiger partial charge on any atom is -0.493 e. The van der Waals surface area contributed by atoms with Crippen LogP contribution in [-0.2, 0) is 16.1 Å². The Morgan fingerprint density at radius 1 is 1.07 bits per heavy atom. The van der Waals surface area contributed by atoms with Gasteiger partial charge in [0.25, 0.3) is 5.89 Å². The van der Waals surface area contributed by atoms with Crippen molar-refractivity contribution in [2.75, 3.05) is 13.2 Å². The highest BCUT2D eigenvalue weighted by Crippen LogP contribution is 2.27. The summed E-state index contributed by atoms with van der Waals surface area (Å²) in [6, 6.07) is 11.4. The first kappa shape index (κ1) is 20.4. The molecule has 0 N–H and O–H groups in total. The van der Waals surface area contributed by atoms with Crippen LogP contribution in [0.15, 0.2) is 40.9 Å². The number of aryl methyl sites for hydroxylation is 3. The van der Waals surface area contributed by atoms with Crippen molar-refractivity contribution in [2.24, 2.45) is 0 Å². The Morgan fingerprint density at radius 2 is 1.79 bits per heavy atom. The van der Waals surface area contributed by atoms with Gasteiger partial charge in [0.15, 0.2) is 13.2 Å². The minimum atomic E-state index is -0.515. The minimum absolute atomic E-state index is 0.127. The van der Waals surface area contributed by atoms with Gasteiger partial charge >= 0.3 is 5.97 Å². The Labute approximate surface area is 169 Å². The molecule has 0 bridgehead atoms. The van der Waals surface area contributed by atoms with Gasteiger partial charge < -0.3 is 18.7 Å². The van der Waals surface area contributed by atoms with Gasteiger partial charge in [0.1, 0.15) is 11.5 Å². The molecule has 0 unspecified atom stereocenters. The summed E-state index contributed by atoms with van der Waals surface area (Å²) in [6.45, 7) is 8.01. The zero-order valence-corrected chi connectivity index (χ0v) is 17.0. The summed E-state index contributed by atoms with van der Waals surface area (Å²) in [5.41, 5.74) is 3.81. The highest BCUT2D eigenvalue weighted by atomic mass is 16.6. The molecule has 0 fully saturated rings. The van der Waals surface area contributed by atoms with Gasteiger partial charge in [-0.2, -0.15) is 4.98 Å². The molecule has 3 aromatic rings. The third kappa shape index (κ3) is 5.13. The molecule has 0 atom stereocenters. The van der Waals surface area contributed by atoms with Crippen molar-refractivity contribution < 1.29 is 23.5 Å². The maximum atomic E-state index is 12.0. The number of esters is 1. The summed E-state index contributed by atoms with van der Waals surface area (Å²) in [5, 5.41) is 3.94. The van der Waals surface area contributed by atoms with Crippen LogP contribution in [0.1, 0.15) is 29.5 Å². The second-order valence-corrected chi connectivity index (χ2v) is 6.62. The van der Waals surface area contributed by atoms with Gasteiger partial charge in [-0.1, -0.05) is 35.0 Å². The first-order chi connectivity index (χ1) is 14.0. The summed E-state index contributed by atoms with van der Waals surface area (Å²) in [4.78, 5) is 16.3. The van der Waals surface area contributed by atoms with Crippen LogP contribution in [0, 0.1) is 20.8 Å². The fourth-order valence-corrected chi connectivity index (χ4v) is 3.07. The van der Waals surface area contributed by atoms with Crippen molar-refractivity contribution in [1.82, 2.24) is 10.1 Å². The third-order valence-corrected chi connectivity index (χ3v) is 4.19. The van der Waals surface area contributed by atoms with Gasteiger partial charge in [-0.05, 0) is 51.0 Å². The molecule has 1 heterocycles. The van der Waals surface area contributed by atoms with E-state index in [1.54, 1.807) is 0 Å². The van der Waals surface area contributed by atoms with E-state index in [9.17, 15) is 4.79 Å². The Morgan fingerprint density at radius 3 is 2.52 bits per heavy atom. The van der Waals surface area contributed by atoms with Gasteiger partial charge in [-0.25, -0.2) is 4.79 Å². The van der Waals surface area contributed by atoms with E-state index in [0.717, 1.165) is 16.7 Å². The Balaban J connectivity index is 1.57. The second-order valence-electron chi connectivity index (χ2n) is 6.62. The average Bonchev–Trinajstić information content (AvgIpc) is 3.15. The van der Waals surface area contributed by atoms with Crippen LogP contribution in [0.3, 0.4) is 0 Å². The summed E-state index contributed by atoms with van der Waals surface area (Å²) in [5.74, 6) is 1.42. The van der Waals surface area contributed by atoms with E-state index in [1.165, 1.54) is 0 Å². The number of hydrogen-bond acceptors (Lipinski definition) is 7. The van der Waals surface area contributed by atoms with Crippen LogP contribution in [0.4, 0.5) is 0 Å². The monoisotopic (exact) mass is 396 g/mol. The molecule has 7 nitrogen and oxygen atoms in total. The second kappa shape index (κ2) is 9.23. The lowest BCUT2D eigenvalue weighted by molar-refractivity contribution is -0.148. The number of rotatable bonds is 8. The standard InChI is InChI=1S/C22H24N2O5/c1-5-26-18-9-7-6-8-17(18)22-23-19(29-24-22)12-27-20(25)13-28-21-15(3)10-14(2)11-16(21)4/h6-11H,5,12-13H2,1-4H3. The molecule has 0 saturated heterocycles. The van der Waals surface area contributed by atoms with Gasteiger partial charge in [-0.15, -0.1) is 0 Å². The third-order valence-electron chi connectivity index (χ3n) is 4.19. The summed E-state index contributed by atoms with van der Waals surface area (Å²) in [6.07, 6.45) is 0. The topological polar surface area (TPSA) is 83.7 Å². The van der Waals surface area contributed by atoms with E-state index < -0.39 is 5.97 Å². The van der Waals surface area contributed by atoms with Crippen molar-refractivity contribution in [3.05, 3.63) is 59.0 Å². The maximum absolute atomic E-state index is 12.0. The number of carbonyl (C=O) groups is 1. The zero-order chi connectivity index (χ0) is 20.8. The molecule has 0 amide bonds. The van der Waals surface area contributed by atoms with Crippen LogP contribution in [0.25, 0.3) is 11.4 Å². The Kier molecular flexibility index (Phi) is 6.49. The van der Waals surface area contributed by atoms with Crippen molar-refractivity contribution in [2.45, 2.75) is 34.3 Å². The number of ether oxygens (including phenoxy) is 3. The van der Waals surface area contributed by atoms with E-state index in [4.69, 9.17) is 18.7 Å². The fraction of sp³-hybridized carbons (Fsp3) is 0.318. The van der Waals surface area contributed by atoms with Crippen molar-refractivity contribution in [3.8, 4) is 22.9 Å². The zero-order valence-electron chi connectivity index (χ0n) is 17.0. The number of carbonyl (C=O) groups excluding carboxylic acids is 1. The number of hydrogen-bond donors (Lipinski definition) is 0. The van der Waals surface area contributed by atoms with Crippen LogP contribution in [0.5, 0.6) is 11.5 Å². The molecule has 0 aliphatic heterocycles. The highest BCUT2D eigenvalue weighted by molar-refractivity contribution is 5.71. The van der Waals surface area contributed by atoms with E-state index in [2.05, 4.69) is 10.1 Å². The molecule has 3 rings (SSSR count). The van der Waals surface area contributed by atoms with E-state index >= 15 is 0 Å². The van der Waals surface area contributed by atoms with Gasteiger partial charge in [-0.3, -0.25) is 0 Å². The molecule has 29 heavy (non-hydrogen) atoms. The largest absolute Gasteiger partial charge is 0.493 e. The van der Waals surface area contributed by atoms with Gasteiger partial charge in [0, 0.05) is 0 Å². The first-order valence-corrected chi connectivity index (χ1v) is 9.39. The fourth-order valence-electron chi connectivity index (χ4n) is 3.07. The maximum Gasteiger partial charge on any atom is 0.344 e. The van der Waals surface area contributed by atoms with Crippen molar-refractivity contribution >= 4 is 5.97 Å². The van der Waals surface area contributed by atoms with Crippen molar-refractivity contribution in [1.29, 1.82) is 0 Å². The normalized spacial score (nSPS) is 10.6. The van der Waals surface area contributed by atoms with Crippen LogP contribution < -0.4 is 9.47 Å². The van der Waals surface area contributed by atoms with E-state index in [1.807, 2.05) is 64.1 Å². The van der Waals surface area contributed by atoms with Gasteiger partial charge in [0.05, 0.1) is 12.2 Å². The summed E-state index contributed by atoms with van der Waals surface area (Å²) < 4.78 is 21.6. The van der Waals surface area contributed by atoms with E-state index in [0.29, 0.717) is 29.5 Å². The molecule has 7 heteroatoms. The Bertz CT molecular complexity index is 973. The number of benzene rings is 2. The summed E-state index contributed by atoms with van der Waals surface area (Å²) in [7, 11) is 0. The average molecular weight is 396 g/mol. The molecule has 0 spiro atoms. The summed E-state index contributed by atoms with van der Waals surface area (Å²) >= 11 is 0. The molecule has 1 aromatic heterocycles. The van der Waals surface area contributed by atoms with Crippen LogP contribution in [-0.4, -0.2) is 29.3 Å². The number of nitrogens with zero attached hydrogens (tertiary/aromatic N) is 2. The Hall–Kier alpha value is -3.35. The molecular weight excluding hydrogens is 372 g/mol. The molecule has 0 aliphatic carbocycles. The van der Waals surface area contributed by atoms with Crippen LogP contribution in [0.2, 0.25) is 0 Å². The van der Waals surface area contributed by atoms with E-state index in [-0.39, 0.29) is 19.1 Å². The molecule has 0 aliphatic rings. The van der Waals surface area contributed by atoms with Gasteiger partial charge in [0.2, 0.25) is 5.82 Å². The predicted octanol–water partition coefficient (Wildman–Crippen LogP) is 4.18. The predicted molar refractivity (Wildman–Crippen MR) is 107 cm³/mol. The lowest BCUT2D eigenvalue weighted by atomic mass is 10.1. The molecule has 0 saturated carbocycles. The molecular formula is C22H24N2O5. The lowest BCUT2D eigenvalue weighted by Gasteiger charge is -2.12. The van der Waals surface area contributed by atoms with Crippen LogP contribution >= 0.6 is 0 Å². The molecule has 0 radical (unpaired) electrons. The highest BCUT2D eigenvalue weighted by Gasteiger charge is 2.15. The van der Waals surface area contributed by atoms with Crippen molar-refractivity contribution in [3.63, 3.8) is 0 Å². The SMILES string of the molecule is CCOc1ccccc1-c1noc(COC(=O)COc2c(C)cc(C)cc2C)n1.